The van der Waals surface area contributed by atoms with Crippen LogP contribution in [0.3, 0.4) is 0 Å². The third-order valence-corrected chi connectivity index (χ3v) is 11.9. The number of ether oxygens (including phenoxy) is 2. The van der Waals surface area contributed by atoms with Gasteiger partial charge in [-0.3, -0.25) is 9.59 Å². The number of carbonyl (C=O) groups excluding carboxylic acids is 2. The van der Waals surface area contributed by atoms with E-state index in [9.17, 15) is 14.7 Å². The number of carbonyl (C=O) groups is 2. The molecule has 0 aromatic carbocycles. The minimum atomic E-state index is -0.804. The van der Waals surface area contributed by atoms with Gasteiger partial charge in [0.25, 0.3) is 0 Å². The van der Waals surface area contributed by atoms with E-state index in [0.29, 0.717) is 12.8 Å². The zero-order valence-electron chi connectivity index (χ0n) is 45.7. The summed E-state index contributed by atoms with van der Waals surface area (Å²) in [4.78, 5) is 24.5. The molecule has 400 valence electrons. The summed E-state index contributed by atoms with van der Waals surface area (Å²) in [6, 6.07) is 0. The lowest BCUT2D eigenvalue weighted by Crippen LogP contribution is -2.28. The van der Waals surface area contributed by atoms with Crippen molar-refractivity contribution < 1.29 is 24.2 Å². The van der Waals surface area contributed by atoms with Gasteiger partial charge in [0.2, 0.25) is 0 Å². The molecule has 0 fully saturated rings. The topological polar surface area (TPSA) is 72.8 Å². The fourth-order valence-electron chi connectivity index (χ4n) is 7.60. The number of hydrogen-bond acceptors (Lipinski definition) is 5. The molecule has 0 saturated heterocycles. The first-order valence-corrected chi connectivity index (χ1v) is 28.9. The van der Waals surface area contributed by atoms with Crippen molar-refractivity contribution in [2.75, 3.05) is 13.2 Å². The molecule has 0 amide bonds. The molecule has 71 heavy (non-hydrogen) atoms. The van der Waals surface area contributed by atoms with E-state index < -0.39 is 6.10 Å². The van der Waals surface area contributed by atoms with Gasteiger partial charge in [-0.25, -0.2) is 0 Å². The van der Waals surface area contributed by atoms with Crippen molar-refractivity contribution in [1.29, 1.82) is 0 Å². The van der Waals surface area contributed by atoms with Gasteiger partial charge >= 0.3 is 11.9 Å². The molecule has 0 radical (unpaired) electrons. The molecule has 0 aromatic rings. The summed E-state index contributed by atoms with van der Waals surface area (Å²) in [5, 5.41) is 9.64. The molecule has 0 aliphatic heterocycles. The van der Waals surface area contributed by atoms with Crippen molar-refractivity contribution in [1.82, 2.24) is 0 Å². The molecule has 1 atom stereocenters. The summed E-state index contributed by atoms with van der Waals surface area (Å²) < 4.78 is 10.7. The molecule has 0 heterocycles. The van der Waals surface area contributed by atoms with Gasteiger partial charge < -0.3 is 14.6 Å². The number of aliphatic hydroxyl groups excluding tert-OH is 1. The summed E-state index contributed by atoms with van der Waals surface area (Å²) in [6.07, 6.45) is 91.0. The average Bonchev–Trinajstić information content (AvgIpc) is 3.37. The fraction of sp³-hybridized carbons (Fsp3) is 0.606. The first-order chi connectivity index (χ1) is 35.1. The number of allylic oxidation sites excluding steroid dienone is 24. The van der Waals surface area contributed by atoms with Crippen LogP contribution in [-0.4, -0.2) is 36.4 Å². The van der Waals surface area contributed by atoms with Crippen molar-refractivity contribution >= 4 is 11.9 Å². The van der Waals surface area contributed by atoms with Crippen molar-refractivity contribution in [3.8, 4) is 0 Å². The van der Waals surface area contributed by atoms with Gasteiger partial charge in [-0.1, -0.05) is 269 Å². The van der Waals surface area contributed by atoms with Crippen molar-refractivity contribution in [3.63, 3.8) is 0 Å². The maximum atomic E-state index is 12.3. The van der Waals surface area contributed by atoms with Crippen LogP contribution in [0.2, 0.25) is 0 Å². The highest BCUT2D eigenvalue weighted by molar-refractivity contribution is 5.70. The molecule has 5 heteroatoms. The Morgan fingerprint density at radius 3 is 0.915 bits per heavy atom. The van der Waals surface area contributed by atoms with Crippen LogP contribution in [0, 0.1) is 0 Å². The maximum Gasteiger partial charge on any atom is 0.306 e. The Balaban J connectivity index is 3.68. The third-order valence-electron chi connectivity index (χ3n) is 11.9. The number of aliphatic hydroxyl groups is 1. The molecular weight excluding hydrogens is 873 g/mol. The summed E-state index contributed by atoms with van der Waals surface area (Å²) in [5.74, 6) is -0.645. The smallest absolute Gasteiger partial charge is 0.306 e. The standard InChI is InChI=1S/C66H106O5/c1-3-5-7-9-11-13-15-17-19-21-23-24-25-26-27-28-29-30-31-32-33-34-35-36-37-38-39-40-41-42-43-45-47-49-51-53-55-57-59-61-66(69)71-64(62-67)63-70-65(68)60-58-56-54-52-50-48-46-44-22-20-18-16-14-12-10-8-6-4-2/h5,7,11,13,17,19,23-24,26-27,29-30,32-33,35-36,38-39,41-42,45,47,51,53,64,67H,3-4,6,8-10,12,14-16,18,20-22,25,28,31,34,37,40,43-44,46,48-50,52,54-63H2,1-2H3/b7-5-,13-11-,19-17-,24-23-,27-26-,30-29-,33-32-,36-35-,39-38-,42-41-,47-45-,53-51-. The molecule has 0 rings (SSSR count). The first-order valence-electron chi connectivity index (χ1n) is 28.9. The van der Waals surface area contributed by atoms with Crippen LogP contribution in [0.1, 0.15) is 239 Å². The van der Waals surface area contributed by atoms with E-state index in [1.165, 1.54) is 96.3 Å². The van der Waals surface area contributed by atoms with E-state index in [-0.39, 0.29) is 25.2 Å². The second-order valence-corrected chi connectivity index (χ2v) is 18.6. The van der Waals surface area contributed by atoms with E-state index in [4.69, 9.17) is 9.47 Å². The summed E-state index contributed by atoms with van der Waals surface area (Å²) in [7, 11) is 0. The van der Waals surface area contributed by atoms with Crippen LogP contribution < -0.4 is 0 Å². The molecule has 0 saturated carbocycles. The summed E-state index contributed by atoms with van der Waals surface area (Å²) in [6.45, 7) is 4.00. The number of rotatable bonds is 51. The average molecular weight is 980 g/mol. The Morgan fingerprint density at radius 2 is 0.606 bits per heavy atom. The van der Waals surface area contributed by atoms with Crippen molar-refractivity contribution in [2.45, 2.75) is 245 Å². The number of hydrogen-bond donors (Lipinski definition) is 1. The predicted octanol–water partition coefficient (Wildman–Crippen LogP) is 19.8. The fourth-order valence-corrected chi connectivity index (χ4v) is 7.60. The minimum absolute atomic E-state index is 0.0895. The number of esters is 2. The SMILES string of the molecule is CC/C=C\C/C=C\C/C=C\C/C=C\C/C=C\C/C=C\C/C=C\C/C=C\C/C=C\C/C=C\C/C=C\C/C=C\CCCCC(=O)OC(CO)COC(=O)CCCCCCCCCCCCCCCCCCCC. The van der Waals surface area contributed by atoms with Crippen LogP contribution in [0.5, 0.6) is 0 Å². The predicted molar refractivity (Wildman–Crippen MR) is 311 cm³/mol. The van der Waals surface area contributed by atoms with Crippen LogP contribution in [0.4, 0.5) is 0 Å². The van der Waals surface area contributed by atoms with E-state index in [1.54, 1.807) is 0 Å². The summed E-state index contributed by atoms with van der Waals surface area (Å²) in [5.41, 5.74) is 0. The first kappa shape index (κ1) is 66.8. The normalized spacial score (nSPS) is 13.3. The summed E-state index contributed by atoms with van der Waals surface area (Å²) >= 11 is 0. The highest BCUT2D eigenvalue weighted by Gasteiger charge is 2.16. The number of unbranched alkanes of at least 4 members (excludes halogenated alkanes) is 19. The van der Waals surface area contributed by atoms with Crippen molar-refractivity contribution in [2.24, 2.45) is 0 Å². The Kier molecular flexibility index (Phi) is 56.5. The van der Waals surface area contributed by atoms with Crippen LogP contribution >= 0.6 is 0 Å². The van der Waals surface area contributed by atoms with E-state index in [2.05, 4.69) is 160 Å². The molecule has 1 unspecified atom stereocenters. The molecule has 0 aliphatic rings. The molecule has 0 aliphatic carbocycles. The van der Waals surface area contributed by atoms with E-state index in [0.717, 1.165) is 116 Å². The zero-order valence-corrected chi connectivity index (χ0v) is 45.7. The van der Waals surface area contributed by atoms with Crippen LogP contribution in [0.15, 0.2) is 146 Å². The van der Waals surface area contributed by atoms with Gasteiger partial charge in [-0.05, 0) is 103 Å². The van der Waals surface area contributed by atoms with Crippen LogP contribution in [0.25, 0.3) is 0 Å². The lowest BCUT2D eigenvalue weighted by Gasteiger charge is -2.15. The monoisotopic (exact) mass is 979 g/mol. The Morgan fingerprint density at radius 1 is 0.338 bits per heavy atom. The molecule has 5 nitrogen and oxygen atoms in total. The second-order valence-electron chi connectivity index (χ2n) is 18.6. The maximum absolute atomic E-state index is 12.3. The van der Waals surface area contributed by atoms with Gasteiger partial charge in [0, 0.05) is 12.8 Å². The van der Waals surface area contributed by atoms with Gasteiger partial charge in [-0.2, -0.15) is 0 Å². The Hall–Kier alpha value is -4.22. The molecule has 0 bridgehead atoms. The molecule has 0 spiro atoms. The Bertz CT molecular complexity index is 1530. The van der Waals surface area contributed by atoms with Gasteiger partial charge in [0.15, 0.2) is 6.10 Å². The lowest BCUT2D eigenvalue weighted by atomic mass is 10.0. The van der Waals surface area contributed by atoms with E-state index in [1.807, 2.05) is 0 Å². The largest absolute Gasteiger partial charge is 0.462 e. The Labute approximate surface area is 438 Å². The van der Waals surface area contributed by atoms with E-state index >= 15 is 0 Å². The van der Waals surface area contributed by atoms with Gasteiger partial charge in [0.05, 0.1) is 6.61 Å². The van der Waals surface area contributed by atoms with Crippen molar-refractivity contribution in [3.05, 3.63) is 146 Å². The minimum Gasteiger partial charge on any atom is -0.462 e. The van der Waals surface area contributed by atoms with Gasteiger partial charge in [0.1, 0.15) is 6.61 Å². The quantitative estimate of drug-likeness (QED) is 0.0373. The highest BCUT2D eigenvalue weighted by atomic mass is 16.6. The van der Waals surface area contributed by atoms with Gasteiger partial charge in [-0.15, -0.1) is 0 Å². The molecular formula is C66H106O5. The third kappa shape index (κ3) is 58.2. The molecule has 0 aromatic heterocycles. The zero-order chi connectivity index (χ0) is 51.3. The molecule has 1 N–H and O–H groups in total. The second kappa shape index (κ2) is 60.1. The van der Waals surface area contributed by atoms with Crippen LogP contribution in [-0.2, 0) is 19.1 Å². The lowest BCUT2D eigenvalue weighted by molar-refractivity contribution is -0.161. The highest BCUT2D eigenvalue weighted by Crippen LogP contribution is 2.15.